The molecule has 0 aromatic heterocycles. The van der Waals surface area contributed by atoms with Crippen molar-refractivity contribution in [3.8, 4) is 0 Å². The molecule has 0 radical (unpaired) electrons. The number of rotatable bonds is 3. The number of hydrogen-bond acceptors (Lipinski definition) is 2. The zero-order valence-electron chi connectivity index (χ0n) is 7.70. The Morgan fingerprint density at radius 1 is 1.31 bits per heavy atom. The van der Waals surface area contributed by atoms with Gasteiger partial charge in [-0.05, 0) is 23.6 Å². The predicted molar refractivity (Wildman–Crippen MR) is 53.2 cm³/mol. The molecule has 13 heavy (non-hydrogen) atoms. The van der Waals surface area contributed by atoms with Crippen molar-refractivity contribution in [2.45, 2.75) is 13.5 Å². The lowest BCUT2D eigenvalue weighted by Crippen LogP contribution is -1.88. The van der Waals surface area contributed by atoms with Crippen LogP contribution in [0.2, 0.25) is 0 Å². The summed E-state index contributed by atoms with van der Waals surface area (Å²) >= 11 is 0. The van der Waals surface area contributed by atoms with Crippen LogP contribution in [-0.2, 0) is 6.61 Å². The molecule has 0 unspecified atom stereocenters. The second-order valence-corrected chi connectivity index (χ2v) is 2.93. The molecule has 0 saturated carbocycles. The molecule has 0 aliphatic carbocycles. The van der Waals surface area contributed by atoms with E-state index in [1.54, 1.807) is 6.08 Å². The topological polar surface area (TPSA) is 40.5 Å². The summed E-state index contributed by atoms with van der Waals surface area (Å²) in [5, 5.41) is 17.5. The maximum atomic E-state index is 8.93. The summed E-state index contributed by atoms with van der Waals surface area (Å²) < 4.78 is 0. The van der Waals surface area contributed by atoms with E-state index in [4.69, 9.17) is 10.2 Å². The Balaban J connectivity index is 2.89. The Morgan fingerprint density at radius 2 is 2.08 bits per heavy atom. The predicted octanol–water partition coefficient (Wildman–Crippen LogP) is 1.49. The third kappa shape index (κ3) is 2.68. The molecule has 1 aromatic rings. The Morgan fingerprint density at radius 3 is 2.62 bits per heavy atom. The fourth-order valence-corrected chi connectivity index (χ4v) is 1.19. The third-order valence-electron chi connectivity index (χ3n) is 1.95. The van der Waals surface area contributed by atoms with Crippen molar-refractivity contribution in [1.29, 1.82) is 0 Å². The average molecular weight is 178 g/mol. The van der Waals surface area contributed by atoms with E-state index in [0.717, 1.165) is 16.7 Å². The second kappa shape index (κ2) is 4.80. The van der Waals surface area contributed by atoms with Crippen LogP contribution in [0.5, 0.6) is 0 Å². The van der Waals surface area contributed by atoms with E-state index in [1.165, 1.54) is 0 Å². The van der Waals surface area contributed by atoms with E-state index < -0.39 is 0 Å². The Bertz CT molecular complexity index is 303. The van der Waals surface area contributed by atoms with Gasteiger partial charge in [-0.15, -0.1) is 0 Å². The fourth-order valence-electron chi connectivity index (χ4n) is 1.19. The van der Waals surface area contributed by atoms with Gasteiger partial charge in [-0.25, -0.2) is 0 Å². The number of aryl methyl sites for hydroxylation is 1. The minimum absolute atomic E-state index is 0.0563. The first-order valence-corrected chi connectivity index (χ1v) is 4.25. The number of benzene rings is 1. The molecule has 70 valence electrons. The van der Waals surface area contributed by atoms with Gasteiger partial charge in [0.05, 0.1) is 13.2 Å². The van der Waals surface area contributed by atoms with Crippen molar-refractivity contribution < 1.29 is 10.2 Å². The first kappa shape index (κ1) is 9.96. The molecule has 0 atom stereocenters. The number of hydrogen-bond donors (Lipinski definition) is 2. The van der Waals surface area contributed by atoms with E-state index in [-0.39, 0.29) is 13.2 Å². The van der Waals surface area contributed by atoms with Crippen LogP contribution in [0.3, 0.4) is 0 Å². The molecular weight excluding hydrogens is 164 g/mol. The van der Waals surface area contributed by atoms with Crippen molar-refractivity contribution >= 4 is 6.08 Å². The van der Waals surface area contributed by atoms with Crippen LogP contribution in [-0.4, -0.2) is 16.8 Å². The van der Waals surface area contributed by atoms with E-state index in [0.29, 0.717) is 0 Å². The summed E-state index contributed by atoms with van der Waals surface area (Å²) in [4.78, 5) is 0. The van der Waals surface area contributed by atoms with Crippen LogP contribution >= 0.6 is 0 Å². The third-order valence-corrected chi connectivity index (χ3v) is 1.95. The fraction of sp³-hybridized carbons (Fsp3) is 0.273. The van der Waals surface area contributed by atoms with E-state index in [2.05, 4.69) is 0 Å². The van der Waals surface area contributed by atoms with Crippen molar-refractivity contribution in [2.24, 2.45) is 0 Å². The van der Waals surface area contributed by atoms with Crippen LogP contribution in [0.15, 0.2) is 24.3 Å². The molecule has 0 spiro atoms. The highest BCUT2D eigenvalue weighted by Crippen LogP contribution is 2.12. The molecule has 0 heterocycles. The summed E-state index contributed by atoms with van der Waals surface area (Å²) in [6, 6.07) is 5.80. The van der Waals surface area contributed by atoms with Gasteiger partial charge in [-0.1, -0.05) is 30.4 Å². The van der Waals surface area contributed by atoms with Gasteiger partial charge in [0.15, 0.2) is 0 Å². The lowest BCUT2D eigenvalue weighted by Gasteiger charge is -2.02. The van der Waals surface area contributed by atoms with Gasteiger partial charge in [0, 0.05) is 0 Å². The highest BCUT2D eigenvalue weighted by atomic mass is 16.3. The minimum Gasteiger partial charge on any atom is -0.392 e. The Hall–Kier alpha value is -1.12. The first-order chi connectivity index (χ1) is 6.27. The number of aliphatic hydroxyl groups excluding tert-OH is 2. The molecule has 2 heteroatoms. The molecule has 0 fully saturated rings. The van der Waals surface area contributed by atoms with Crippen LogP contribution in [0, 0.1) is 6.92 Å². The van der Waals surface area contributed by atoms with Gasteiger partial charge >= 0.3 is 0 Å². The molecule has 0 amide bonds. The lowest BCUT2D eigenvalue weighted by molar-refractivity contribution is 0.281. The van der Waals surface area contributed by atoms with Crippen LogP contribution in [0.1, 0.15) is 16.7 Å². The SMILES string of the molecule is Cc1cc(/C=C/CO)ccc1CO. The van der Waals surface area contributed by atoms with Crippen LogP contribution in [0.4, 0.5) is 0 Å². The summed E-state index contributed by atoms with van der Waals surface area (Å²) in [6.07, 6.45) is 3.54. The van der Waals surface area contributed by atoms with Crippen molar-refractivity contribution in [2.75, 3.05) is 6.61 Å². The maximum absolute atomic E-state index is 8.93. The van der Waals surface area contributed by atoms with Gasteiger partial charge in [-0.2, -0.15) is 0 Å². The van der Waals surface area contributed by atoms with E-state index >= 15 is 0 Å². The van der Waals surface area contributed by atoms with E-state index in [9.17, 15) is 0 Å². The minimum atomic E-state index is 0.0563. The maximum Gasteiger partial charge on any atom is 0.0684 e. The quantitative estimate of drug-likeness (QED) is 0.736. The second-order valence-electron chi connectivity index (χ2n) is 2.93. The summed E-state index contributed by atoms with van der Waals surface area (Å²) in [7, 11) is 0. The first-order valence-electron chi connectivity index (χ1n) is 4.25. The molecule has 2 nitrogen and oxygen atoms in total. The molecule has 0 saturated heterocycles. The molecule has 1 aromatic carbocycles. The van der Waals surface area contributed by atoms with Crippen LogP contribution < -0.4 is 0 Å². The van der Waals surface area contributed by atoms with Crippen LogP contribution in [0.25, 0.3) is 6.08 Å². The standard InChI is InChI=1S/C11H14O2/c1-9-7-10(3-2-6-12)4-5-11(9)8-13/h2-5,7,12-13H,6,8H2,1H3/b3-2+. The van der Waals surface area contributed by atoms with Gasteiger partial charge in [-0.3, -0.25) is 0 Å². The van der Waals surface area contributed by atoms with Crippen molar-refractivity contribution in [3.05, 3.63) is 41.0 Å². The zero-order valence-corrected chi connectivity index (χ0v) is 7.70. The van der Waals surface area contributed by atoms with Gasteiger partial charge in [0.1, 0.15) is 0 Å². The van der Waals surface area contributed by atoms with Gasteiger partial charge < -0.3 is 10.2 Å². The zero-order chi connectivity index (χ0) is 9.68. The van der Waals surface area contributed by atoms with Gasteiger partial charge in [0.2, 0.25) is 0 Å². The molecule has 0 aliphatic heterocycles. The van der Waals surface area contributed by atoms with Crippen molar-refractivity contribution in [3.63, 3.8) is 0 Å². The molecule has 1 rings (SSSR count). The molecule has 0 aliphatic rings. The lowest BCUT2D eigenvalue weighted by atomic mass is 10.1. The highest BCUT2D eigenvalue weighted by molar-refractivity contribution is 5.51. The monoisotopic (exact) mass is 178 g/mol. The Labute approximate surface area is 78.2 Å². The highest BCUT2D eigenvalue weighted by Gasteiger charge is 1.95. The smallest absolute Gasteiger partial charge is 0.0684 e. The summed E-state index contributed by atoms with van der Waals surface area (Å²) in [5.41, 5.74) is 3.06. The summed E-state index contributed by atoms with van der Waals surface area (Å²) in [6.45, 7) is 2.10. The van der Waals surface area contributed by atoms with E-state index in [1.807, 2.05) is 31.2 Å². The molecule has 2 N–H and O–H groups in total. The Kier molecular flexibility index (Phi) is 3.68. The molecular formula is C11H14O2. The van der Waals surface area contributed by atoms with Crippen molar-refractivity contribution in [1.82, 2.24) is 0 Å². The molecule has 0 bridgehead atoms. The average Bonchev–Trinajstić information content (AvgIpc) is 2.15. The van der Waals surface area contributed by atoms with Gasteiger partial charge in [0.25, 0.3) is 0 Å². The normalized spacial score (nSPS) is 11.0. The summed E-state index contributed by atoms with van der Waals surface area (Å²) in [5.74, 6) is 0. The largest absolute Gasteiger partial charge is 0.392 e. The number of aliphatic hydroxyl groups is 2.